The van der Waals surface area contributed by atoms with Crippen LogP contribution < -0.4 is 0 Å². The van der Waals surface area contributed by atoms with Gasteiger partial charge in [0.15, 0.2) is 0 Å². The fourth-order valence-corrected chi connectivity index (χ4v) is 1.81. The van der Waals surface area contributed by atoms with Crippen LogP contribution in [0.15, 0.2) is 36.3 Å². The van der Waals surface area contributed by atoms with E-state index in [1.54, 1.807) is 6.08 Å². The van der Waals surface area contributed by atoms with Gasteiger partial charge in [0.2, 0.25) is 0 Å². The first kappa shape index (κ1) is 16.4. The molecule has 14 heavy (non-hydrogen) atoms. The van der Waals surface area contributed by atoms with Gasteiger partial charge in [-0.05, 0) is 30.4 Å². The summed E-state index contributed by atoms with van der Waals surface area (Å²) in [7, 11) is 0. The Hall–Kier alpha value is -0.0800. The minimum atomic E-state index is 0.981. The number of thiol groups is 1. The van der Waals surface area contributed by atoms with E-state index in [2.05, 4.69) is 25.8 Å². The van der Waals surface area contributed by atoms with Crippen molar-refractivity contribution in [3.05, 3.63) is 36.3 Å². The molecule has 0 atom stereocenters. The first-order valence-corrected chi connectivity index (χ1v) is 6.65. The van der Waals surface area contributed by atoms with Crippen LogP contribution in [-0.4, -0.2) is 11.5 Å². The number of thioether (sulfide) groups is 1. The molecule has 0 amide bonds. The fraction of sp³-hybridized carbons (Fsp3) is 0.500. The van der Waals surface area contributed by atoms with Gasteiger partial charge >= 0.3 is 0 Å². The average Bonchev–Trinajstić information content (AvgIpc) is 2.25. The van der Waals surface area contributed by atoms with Gasteiger partial charge in [0.25, 0.3) is 0 Å². The summed E-state index contributed by atoms with van der Waals surface area (Å²) in [6.07, 6.45) is 8.05. The Morgan fingerprint density at radius 3 is 2.36 bits per heavy atom. The highest BCUT2D eigenvalue weighted by atomic mass is 32.2. The first-order valence-electron chi connectivity index (χ1n) is 5.04. The monoisotopic (exact) mass is 230 g/mol. The second kappa shape index (κ2) is 15.4. The Kier molecular flexibility index (Phi) is 18.0. The van der Waals surface area contributed by atoms with Gasteiger partial charge in [-0.1, -0.05) is 39.2 Å². The molecule has 82 valence electrons. The highest BCUT2D eigenvalue weighted by molar-refractivity contribution is 8.03. The Labute approximate surface area is 99.0 Å². The lowest BCUT2D eigenvalue weighted by molar-refractivity contribution is 0.911. The molecule has 0 rings (SSSR count). The normalized spacial score (nSPS) is 10.1. The van der Waals surface area contributed by atoms with Gasteiger partial charge in [-0.25, -0.2) is 0 Å². The maximum Gasteiger partial charge on any atom is 0.00658 e. The van der Waals surface area contributed by atoms with Crippen molar-refractivity contribution in [2.75, 3.05) is 11.5 Å². The summed E-state index contributed by atoms with van der Waals surface area (Å²) in [6, 6.07) is 0. The van der Waals surface area contributed by atoms with E-state index >= 15 is 0 Å². The number of hydrogen-bond acceptors (Lipinski definition) is 2. The van der Waals surface area contributed by atoms with Gasteiger partial charge in [-0.15, -0.1) is 11.8 Å². The quantitative estimate of drug-likeness (QED) is 0.375. The molecule has 0 nitrogen and oxygen atoms in total. The number of unbranched alkanes of at least 4 members (excludes halogenated alkanes) is 1. The third-order valence-electron chi connectivity index (χ3n) is 1.30. The zero-order valence-corrected chi connectivity index (χ0v) is 11.0. The Balaban J connectivity index is 0. The van der Waals surface area contributed by atoms with Gasteiger partial charge < -0.3 is 0 Å². The van der Waals surface area contributed by atoms with Crippen molar-refractivity contribution in [2.45, 2.75) is 26.7 Å². The fourth-order valence-electron chi connectivity index (χ4n) is 0.695. The minimum absolute atomic E-state index is 0.981. The molecule has 0 heterocycles. The second-order valence-electron chi connectivity index (χ2n) is 2.29. The van der Waals surface area contributed by atoms with Crippen molar-refractivity contribution in [3.8, 4) is 0 Å². The summed E-state index contributed by atoms with van der Waals surface area (Å²) < 4.78 is 0. The van der Waals surface area contributed by atoms with Crippen LogP contribution >= 0.6 is 24.4 Å². The standard InChI is InChI=1S/C10H16S2.C2H6/c1-3-7-10(4-2)12-9-6-5-8-11;1-2/h3-4,7,11H,1-2,5-6,8-9H2;1-2H3/b10-7+;. The van der Waals surface area contributed by atoms with Crippen molar-refractivity contribution in [2.24, 2.45) is 0 Å². The molecule has 0 aromatic heterocycles. The van der Waals surface area contributed by atoms with E-state index in [0.717, 1.165) is 11.5 Å². The molecule has 0 radical (unpaired) electrons. The van der Waals surface area contributed by atoms with Crippen LogP contribution in [0.25, 0.3) is 0 Å². The average molecular weight is 230 g/mol. The maximum atomic E-state index is 4.15. The molecule has 0 N–H and O–H groups in total. The predicted molar refractivity (Wildman–Crippen MR) is 75.4 cm³/mol. The molecular formula is C12H22S2. The van der Waals surface area contributed by atoms with E-state index in [9.17, 15) is 0 Å². The Morgan fingerprint density at radius 1 is 1.29 bits per heavy atom. The van der Waals surface area contributed by atoms with E-state index in [-0.39, 0.29) is 0 Å². The zero-order chi connectivity index (χ0) is 11.2. The van der Waals surface area contributed by atoms with Gasteiger partial charge in [0, 0.05) is 4.91 Å². The van der Waals surface area contributed by atoms with Crippen LogP contribution in [0.2, 0.25) is 0 Å². The first-order chi connectivity index (χ1) is 6.85. The largest absolute Gasteiger partial charge is 0.179 e. The molecule has 0 aromatic rings. The van der Waals surface area contributed by atoms with Crippen LogP contribution in [0.5, 0.6) is 0 Å². The second-order valence-corrected chi connectivity index (χ2v) is 3.90. The Morgan fingerprint density at radius 2 is 1.93 bits per heavy atom. The molecule has 0 bridgehead atoms. The lowest BCUT2D eigenvalue weighted by Gasteiger charge is -1.99. The number of allylic oxidation sites excluding steroid dienone is 3. The van der Waals surface area contributed by atoms with Gasteiger partial charge in [0.05, 0.1) is 0 Å². The van der Waals surface area contributed by atoms with E-state index in [4.69, 9.17) is 0 Å². The summed E-state index contributed by atoms with van der Waals surface area (Å²) in [6.45, 7) is 11.4. The highest BCUT2D eigenvalue weighted by Crippen LogP contribution is 2.18. The van der Waals surface area contributed by atoms with Crippen LogP contribution in [0.3, 0.4) is 0 Å². The Bertz CT molecular complexity index is 160. The predicted octanol–water partition coefficient (Wildman–Crippen LogP) is 4.71. The van der Waals surface area contributed by atoms with Crippen LogP contribution in [-0.2, 0) is 0 Å². The van der Waals surface area contributed by atoms with Crippen molar-refractivity contribution in [1.29, 1.82) is 0 Å². The molecule has 0 unspecified atom stereocenters. The van der Waals surface area contributed by atoms with E-state index in [0.29, 0.717) is 0 Å². The molecule has 0 fully saturated rings. The molecule has 0 aliphatic carbocycles. The van der Waals surface area contributed by atoms with Gasteiger partial charge in [-0.2, -0.15) is 12.6 Å². The SMILES string of the molecule is C=C/C=C(\C=C)SCCCCS.CC. The maximum absolute atomic E-state index is 4.15. The van der Waals surface area contributed by atoms with Crippen molar-refractivity contribution >= 4 is 24.4 Å². The summed E-state index contributed by atoms with van der Waals surface area (Å²) in [5, 5.41) is 0. The van der Waals surface area contributed by atoms with Crippen molar-refractivity contribution in [1.82, 2.24) is 0 Å². The van der Waals surface area contributed by atoms with E-state index < -0.39 is 0 Å². The van der Waals surface area contributed by atoms with Crippen LogP contribution in [0, 0.1) is 0 Å². The molecule has 0 aliphatic heterocycles. The molecule has 0 spiro atoms. The summed E-state index contributed by atoms with van der Waals surface area (Å²) in [4.78, 5) is 1.20. The summed E-state index contributed by atoms with van der Waals surface area (Å²) in [5.74, 6) is 2.13. The minimum Gasteiger partial charge on any atom is -0.179 e. The van der Waals surface area contributed by atoms with Crippen LogP contribution in [0.1, 0.15) is 26.7 Å². The molecule has 0 saturated heterocycles. The highest BCUT2D eigenvalue weighted by Gasteiger charge is 1.91. The summed E-state index contributed by atoms with van der Waals surface area (Å²) >= 11 is 5.97. The third kappa shape index (κ3) is 11.9. The number of hydrogen-bond donors (Lipinski definition) is 1. The number of rotatable bonds is 7. The zero-order valence-electron chi connectivity index (χ0n) is 9.33. The molecule has 0 aliphatic rings. The molecule has 0 saturated carbocycles. The van der Waals surface area contributed by atoms with Crippen molar-refractivity contribution < 1.29 is 0 Å². The third-order valence-corrected chi connectivity index (χ3v) is 2.75. The summed E-state index contributed by atoms with van der Waals surface area (Å²) in [5.41, 5.74) is 0. The molecular weight excluding hydrogens is 208 g/mol. The lowest BCUT2D eigenvalue weighted by atomic mass is 10.4. The van der Waals surface area contributed by atoms with Crippen LogP contribution in [0.4, 0.5) is 0 Å². The molecule has 2 heteroatoms. The van der Waals surface area contributed by atoms with Gasteiger partial charge in [-0.3, -0.25) is 0 Å². The smallest absolute Gasteiger partial charge is 0.00658 e. The molecule has 0 aromatic carbocycles. The van der Waals surface area contributed by atoms with E-state index in [1.807, 2.05) is 37.8 Å². The van der Waals surface area contributed by atoms with Crippen molar-refractivity contribution in [3.63, 3.8) is 0 Å². The lowest BCUT2D eigenvalue weighted by Crippen LogP contribution is -1.81. The topological polar surface area (TPSA) is 0 Å². The van der Waals surface area contributed by atoms with Gasteiger partial charge in [0.1, 0.15) is 0 Å². The van der Waals surface area contributed by atoms with E-state index in [1.165, 1.54) is 17.7 Å².